The van der Waals surface area contributed by atoms with Gasteiger partial charge in [-0.05, 0) is 30.7 Å². The molecule has 0 atom stereocenters. The highest BCUT2D eigenvalue weighted by atomic mass is 32.2. The largest absolute Gasteiger partial charge is 0.485 e. The molecule has 0 fully saturated rings. The quantitative estimate of drug-likeness (QED) is 0.618. The molecule has 0 saturated heterocycles. The molecule has 0 saturated carbocycles. The lowest BCUT2D eigenvalue weighted by molar-refractivity contribution is -0.117. The van der Waals surface area contributed by atoms with Crippen molar-refractivity contribution in [2.24, 2.45) is 5.73 Å². The fourth-order valence-corrected chi connectivity index (χ4v) is 3.35. The minimum Gasteiger partial charge on any atom is -0.485 e. The van der Waals surface area contributed by atoms with E-state index >= 15 is 0 Å². The monoisotopic (exact) mass is 368 g/mol. The first-order valence-corrected chi connectivity index (χ1v) is 9.23. The van der Waals surface area contributed by atoms with E-state index in [0.29, 0.717) is 29.8 Å². The maximum absolute atomic E-state index is 11.0. The van der Waals surface area contributed by atoms with Crippen LogP contribution in [0.5, 0.6) is 5.75 Å². The molecular weight excluding hydrogens is 348 g/mol. The number of primary amides is 1. The summed E-state index contributed by atoms with van der Waals surface area (Å²) in [6.07, 6.45) is 0.293. The number of benzene rings is 2. The number of ether oxygens (including phenoxy) is 1. The third kappa shape index (κ3) is 4.43. The molecule has 134 valence electrons. The molecule has 0 radical (unpaired) electrons. The van der Waals surface area contributed by atoms with E-state index in [4.69, 9.17) is 10.5 Å². The van der Waals surface area contributed by atoms with Crippen LogP contribution in [0.2, 0.25) is 0 Å². The number of carbonyl (C=O) groups is 1. The second-order valence-electron chi connectivity index (χ2n) is 5.69. The molecule has 1 aromatic heterocycles. The summed E-state index contributed by atoms with van der Waals surface area (Å²) in [6, 6.07) is 17.7. The van der Waals surface area contributed by atoms with Crippen molar-refractivity contribution < 1.29 is 9.53 Å². The van der Waals surface area contributed by atoms with Crippen LogP contribution in [-0.2, 0) is 11.4 Å². The summed E-state index contributed by atoms with van der Waals surface area (Å²) >= 11 is 1.45. The SMILES string of the molecule is Cc1ccccc1OCc1nnc(SCCC(N)=O)n1-c1ccccc1. The van der Waals surface area contributed by atoms with Crippen LogP contribution >= 0.6 is 11.8 Å². The van der Waals surface area contributed by atoms with Gasteiger partial charge < -0.3 is 10.5 Å². The Morgan fingerprint density at radius 2 is 1.85 bits per heavy atom. The summed E-state index contributed by atoms with van der Waals surface area (Å²) in [5, 5.41) is 9.26. The van der Waals surface area contributed by atoms with Crippen molar-refractivity contribution in [1.82, 2.24) is 14.8 Å². The van der Waals surface area contributed by atoms with Gasteiger partial charge in [0.1, 0.15) is 12.4 Å². The summed E-state index contributed by atoms with van der Waals surface area (Å²) in [5.41, 5.74) is 7.23. The normalized spacial score (nSPS) is 10.7. The first-order chi connectivity index (χ1) is 12.6. The molecule has 0 unspecified atom stereocenters. The molecule has 0 aliphatic carbocycles. The van der Waals surface area contributed by atoms with Crippen molar-refractivity contribution in [2.45, 2.75) is 25.1 Å². The van der Waals surface area contributed by atoms with Crippen molar-refractivity contribution in [3.63, 3.8) is 0 Å². The minimum absolute atomic E-state index is 0.293. The van der Waals surface area contributed by atoms with Gasteiger partial charge in [-0.2, -0.15) is 0 Å². The van der Waals surface area contributed by atoms with Crippen LogP contribution in [0.3, 0.4) is 0 Å². The van der Waals surface area contributed by atoms with E-state index in [0.717, 1.165) is 17.0 Å². The summed E-state index contributed by atoms with van der Waals surface area (Å²) in [4.78, 5) is 11.0. The number of rotatable bonds is 8. The molecule has 0 aliphatic heterocycles. The topological polar surface area (TPSA) is 83.0 Å². The van der Waals surface area contributed by atoms with Gasteiger partial charge in [-0.1, -0.05) is 48.2 Å². The van der Waals surface area contributed by atoms with E-state index in [1.165, 1.54) is 11.8 Å². The molecule has 0 aliphatic rings. The molecule has 1 amide bonds. The number of aromatic nitrogens is 3. The van der Waals surface area contributed by atoms with Gasteiger partial charge in [-0.3, -0.25) is 9.36 Å². The van der Waals surface area contributed by atoms with Crippen LogP contribution < -0.4 is 10.5 Å². The number of carbonyl (C=O) groups excluding carboxylic acids is 1. The molecule has 3 rings (SSSR count). The Morgan fingerprint density at radius 3 is 2.58 bits per heavy atom. The minimum atomic E-state index is -0.327. The Bertz CT molecular complexity index is 880. The number of hydrogen-bond acceptors (Lipinski definition) is 5. The second kappa shape index (κ2) is 8.53. The Morgan fingerprint density at radius 1 is 1.12 bits per heavy atom. The van der Waals surface area contributed by atoms with Crippen molar-refractivity contribution >= 4 is 17.7 Å². The number of thioether (sulfide) groups is 1. The first kappa shape index (κ1) is 18.0. The zero-order chi connectivity index (χ0) is 18.4. The average molecular weight is 368 g/mol. The molecule has 2 N–H and O–H groups in total. The zero-order valence-corrected chi connectivity index (χ0v) is 15.3. The number of nitrogens with zero attached hydrogens (tertiary/aromatic N) is 3. The van der Waals surface area contributed by atoms with Crippen LogP contribution in [0.4, 0.5) is 0 Å². The van der Waals surface area contributed by atoms with E-state index in [1.54, 1.807) is 0 Å². The average Bonchev–Trinajstić information content (AvgIpc) is 3.04. The Balaban J connectivity index is 1.83. The van der Waals surface area contributed by atoms with Gasteiger partial charge in [0.05, 0.1) is 0 Å². The Labute approximate surface area is 156 Å². The van der Waals surface area contributed by atoms with Gasteiger partial charge in [0.15, 0.2) is 11.0 Å². The van der Waals surface area contributed by atoms with Crippen LogP contribution in [0, 0.1) is 6.92 Å². The molecule has 2 aromatic carbocycles. The van der Waals surface area contributed by atoms with Crippen LogP contribution in [0.15, 0.2) is 59.8 Å². The molecule has 6 nitrogen and oxygen atoms in total. The van der Waals surface area contributed by atoms with Crippen LogP contribution in [0.25, 0.3) is 5.69 Å². The molecule has 3 aromatic rings. The molecule has 0 spiro atoms. The van der Waals surface area contributed by atoms with Crippen molar-refractivity contribution in [2.75, 3.05) is 5.75 Å². The van der Waals surface area contributed by atoms with Gasteiger partial charge in [0.25, 0.3) is 0 Å². The lowest BCUT2D eigenvalue weighted by Gasteiger charge is -2.12. The lowest BCUT2D eigenvalue weighted by atomic mass is 10.2. The number of nitrogens with two attached hydrogens (primary N) is 1. The highest BCUT2D eigenvalue weighted by molar-refractivity contribution is 7.99. The fraction of sp³-hybridized carbons (Fsp3) is 0.211. The number of amides is 1. The lowest BCUT2D eigenvalue weighted by Crippen LogP contribution is -2.11. The summed E-state index contributed by atoms with van der Waals surface area (Å²) in [6.45, 7) is 2.30. The summed E-state index contributed by atoms with van der Waals surface area (Å²) in [5.74, 6) is 1.74. The third-order valence-electron chi connectivity index (χ3n) is 3.74. The standard InChI is InChI=1S/C19H20N4O2S/c1-14-7-5-6-10-16(14)25-13-18-21-22-19(26-12-11-17(20)24)23(18)15-8-3-2-4-9-15/h2-10H,11-13H2,1H3,(H2,20,24). The van der Waals surface area contributed by atoms with Crippen LogP contribution in [-0.4, -0.2) is 26.4 Å². The van der Waals surface area contributed by atoms with Gasteiger partial charge in [0.2, 0.25) is 5.91 Å². The van der Waals surface area contributed by atoms with Gasteiger partial charge >= 0.3 is 0 Å². The van der Waals surface area contributed by atoms with E-state index in [2.05, 4.69) is 10.2 Å². The number of aryl methyl sites for hydroxylation is 1. The molecular formula is C19H20N4O2S. The highest BCUT2D eigenvalue weighted by Crippen LogP contribution is 2.24. The Kier molecular flexibility index (Phi) is 5.91. The first-order valence-electron chi connectivity index (χ1n) is 8.24. The van der Waals surface area contributed by atoms with E-state index in [1.807, 2.05) is 66.1 Å². The predicted octanol–water partition coefficient (Wildman–Crippen LogP) is 3.12. The van der Waals surface area contributed by atoms with E-state index in [-0.39, 0.29) is 5.91 Å². The third-order valence-corrected chi connectivity index (χ3v) is 4.68. The highest BCUT2D eigenvalue weighted by Gasteiger charge is 2.15. The van der Waals surface area contributed by atoms with E-state index < -0.39 is 0 Å². The van der Waals surface area contributed by atoms with Gasteiger partial charge in [-0.25, -0.2) is 0 Å². The van der Waals surface area contributed by atoms with Crippen molar-refractivity contribution in [3.05, 3.63) is 66.0 Å². The Hall–Kier alpha value is -2.80. The van der Waals surface area contributed by atoms with Gasteiger partial charge in [-0.15, -0.1) is 10.2 Å². The molecule has 1 heterocycles. The molecule has 26 heavy (non-hydrogen) atoms. The predicted molar refractivity (Wildman–Crippen MR) is 101 cm³/mol. The van der Waals surface area contributed by atoms with Crippen LogP contribution in [0.1, 0.15) is 17.8 Å². The molecule has 0 bridgehead atoms. The van der Waals surface area contributed by atoms with Gasteiger partial charge in [0, 0.05) is 17.9 Å². The van der Waals surface area contributed by atoms with E-state index in [9.17, 15) is 4.79 Å². The second-order valence-corrected chi connectivity index (χ2v) is 6.75. The number of hydrogen-bond donors (Lipinski definition) is 1. The maximum Gasteiger partial charge on any atom is 0.218 e. The van der Waals surface area contributed by atoms with Crippen molar-refractivity contribution in [3.8, 4) is 11.4 Å². The summed E-state index contributed by atoms with van der Waals surface area (Å²) < 4.78 is 7.88. The maximum atomic E-state index is 11.0. The fourth-order valence-electron chi connectivity index (χ4n) is 2.43. The summed E-state index contributed by atoms with van der Waals surface area (Å²) in [7, 11) is 0. The number of para-hydroxylation sites is 2. The zero-order valence-electron chi connectivity index (χ0n) is 14.5. The smallest absolute Gasteiger partial charge is 0.218 e. The van der Waals surface area contributed by atoms with Crippen molar-refractivity contribution in [1.29, 1.82) is 0 Å². The molecule has 7 heteroatoms.